The van der Waals surface area contributed by atoms with Gasteiger partial charge in [-0.2, -0.15) is 0 Å². The molecule has 0 amide bonds. The minimum atomic E-state index is 1.20. The maximum absolute atomic E-state index is 3.63. The molecule has 0 bridgehead atoms. The first kappa shape index (κ1) is 15.2. The maximum Gasteiger partial charge on any atom is 0.0477 e. The highest BCUT2D eigenvalue weighted by Crippen LogP contribution is 2.40. The van der Waals surface area contributed by atoms with Crippen molar-refractivity contribution < 1.29 is 0 Å². The molecule has 1 N–H and O–H groups in total. The summed E-state index contributed by atoms with van der Waals surface area (Å²) in [7, 11) is 0. The molecule has 0 radical (unpaired) electrons. The molecule has 5 aromatic rings. The van der Waals surface area contributed by atoms with Gasteiger partial charge in [0.25, 0.3) is 0 Å². The third-order valence-corrected chi connectivity index (χ3v) is 5.46. The largest absolute Gasteiger partial charge is 0.354 e. The lowest BCUT2D eigenvalue weighted by Crippen LogP contribution is -1.92. The van der Waals surface area contributed by atoms with E-state index in [2.05, 4.69) is 92.5 Å². The normalized spacial score (nSPS) is 11.7. The molecule has 1 heterocycles. The number of aromatic amines is 1. The second kappa shape index (κ2) is 5.47. The Morgan fingerprint density at radius 3 is 1.96 bits per heavy atom. The van der Waals surface area contributed by atoms with Gasteiger partial charge in [-0.25, -0.2) is 0 Å². The van der Waals surface area contributed by atoms with Crippen LogP contribution in [0.4, 0.5) is 0 Å². The van der Waals surface area contributed by atoms with E-state index in [-0.39, 0.29) is 0 Å². The Balaban J connectivity index is 2.00. The van der Waals surface area contributed by atoms with Crippen LogP contribution in [0.5, 0.6) is 0 Å². The van der Waals surface area contributed by atoms with Gasteiger partial charge >= 0.3 is 0 Å². The fourth-order valence-corrected chi connectivity index (χ4v) is 4.53. The lowest BCUT2D eigenvalue weighted by Gasteiger charge is -2.15. The fourth-order valence-electron chi connectivity index (χ4n) is 4.53. The molecule has 1 heteroatoms. The molecule has 0 fully saturated rings. The second-order valence-electron chi connectivity index (χ2n) is 7.34. The van der Waals surface area contributed by atoms with Crippen LogP contribution >= 0.6 is 0 Å². The molecule has 0 aliphatic heterocycles. The number of para-hydroxylation sites is 1. The van der Waals surface area contributed by atoms with Crippen LogP contribution in [0.1, 0.15) is 16.7 Å². The van der Waals surface area contributed by atoms with Crippen molar-refractivity contribution in [2.24, 2.45) is 0 Å². The summed E-state index contributed by atoms with van der Waals surface area (Å²) in [5.41, 5.74) is 9.06. The van der Waals surface area contributed by atoms with Crippen molar-refractivity contribution in [3.05, 3.63) is 83.4 Å². The molecule has 5 rings (SSSR count). The molecule has 0 spiro atoms. The van der Waals surface area contributed by atoms with Gasteiger partial charge in [0, 0.05) is 21.8 Å². The molecule has 0 saturated carbocycles. The number of H-pyrrole nitrogens is 1. The van der Waals surface area contributed by atoms with Gasteiger partial charge in [0.2, 0.25) is 0 Å². The topological polar surface area (TPSA) is 15.8 Å². The summed E-state index contributed by atoms with van der Waals surface area (Å²) in [5.74, 6) is 0. The van der Waals surface area contributed by atoms with Crippen LogP contribution in [0, 0.1) is 20.8 Å². The minimum absolute atomic E-state index is 1.20. The van der Waals surface area contributed by atoms with Crippen molar-refractivity contribution in [3.8, 4) is 11.1 Å². The van der Waals surface area contributed by atoms with Crippen LogP contribution in [-0.4, -0.2) is 4.98 Å². The van der Waals surface area contributed by atoms with E-state index in [1.54, 1.807) is 0 Å². The Hall–Kier alpha value is -3.06. The predicted molar refractivity (Wildman–Crippen MR) is 113 cm³/mol. The summed E-state index contributed by atoms with van der Waals surface area (Å²) in [4.78, 5) is 3.63. The number of nitrogens with one attached hydrogen (secondary N) is 1. The van der Waals surface area contributed by atoms with Crippen LogP contribution in [0.15, 0.2) is 66.7 Å². The molecule has 0 aliphatic carbocycles. The van der Waals surface area contributed by atoms with Crippen LogP contribution in [0.25, 0.3) is 43.7 Å². The number of fused-ring (bicyclic) bond motifs is 5. The quantitative estimate of drug-likeness (QED) is 0.337. The lowest BCUT2D eigenvalue weighted by atomic mass is 9.89. The molecular weight excluding hydrogens is 314 g/mol. The van der Waals surface area contributed by atoms with Gasteiger partial charge in [0.1, 0.15) is 0 Å². The van der Waals surface area contributed by atoms with Gasteiger partial charge < -0.3 is 4.98 Å². The van der Waals surface area contributed by atoms with Gasteiger partial charge in [-0.15, -0.1) is 0 Å². The van der Waals surface area contributed by atoms with Crippen LogP contribution in [-0.2, 0) is 0 Å². The molecule has 0 saturated heterocycles. The average Bonchev–Trinajstić information content (AvgIpc) is 2.99. The molecule has 0 aliphatic rings. The molecule has 26 heavy (non-hydrogen) atoms. The summed E-state index contributed by atoms with van der Waals surface area (Å²) in [6.07, 6.45) is 0. The van der Waals surface area contributed by atoms with Crippen LogP contribution < -0.4 is 0 Å². The molecule has 1 nitrogen and oxygen atoms in total. The number of rotatable bonds is 1. The highest BCUT2D eigenvalue weighted by molar-refractivity contribution is 6.23. The maximum atomic E-state index is 3.63. The van der Waals surface area contributed by atoms with E-state index < -0.39 is 0 Å². The third kappa shape index (κ3) is 2.10. The molecule has 0 atom stereocenters. The molecule has 1 aromatic heterocycles. The average molecular weight is 335 g/mol. The van der Waals surface area contributed by atoms with Crippen molar-refractivity contribution in [1.29, 1.82) is 0 Å². The Kier molecular flexibility index (Phi) is 3.20. The zero-order valence-electron chi connectivity index (χ0n) is 15.4. The number of aryl methyl sites for hydroxylation is 3. The standard InChI is InChI=1S/C25H21N/c1-15-12-16(2)24(17(3)13-15)21-14-23-25(19-9-5-4-8-18(19)21)20-10-6-7-11-22(20)26-23/h4-14,26H,1-3H3. The smallest absolute Gasteiger partial charge is 0.0477 e. The van der Waals surface area contributed by atoms with E-state index in [0.29, 0.717) is 0 Å². The summed E-state index contributed by atoms with van der Waals surface area (Å²) < 4.78 is 0. The van der Waals surface area contributed by atoms with Crippen molar-refractivity contribution in [1.82, 2.24) is 4.98 Å². The summed E-state index contributed by atoms with van der Waals surface area (Å²) in [6, 6.07) is 24.3. The second-order valence-corrected chi connectivity index (χ2v) is 7.34. The zero-order valence-corrected chi connectivity index (χ0v) is 15.4. The molecule has 0 unspecified atom stereocenters. The molecular formula is C25H21N. The first-order valence-corrected chi connectivity index (χ1v) is 9.14. The van der Waals surface area contributed by atoms with E-state index in [4.69, 9.17) is 0 Å². The van der Waals surface area contributed by atoms with Crippen molar-refractivity contribution in [2.45, 2.75) is 20.8 Å². The van der Waals surface area contributed by atoms with Crippen molar-refractivity contribution in [2.75, 3.05) is 0 Å². The van der Waals surface area contributed by atoms with Crippen molar-refractivity contribution >= 4 is 32.6 Å². The Labute approximate surface area is 153 Å². The van der Waals surface area contributed by atoms with Crippen LogP contribution in [0.3, 0.4) is 0 Å². The number of aromatic nitrogens is 1. The van der Waals surface area contributed by atoms with Crippen molar-refractivity contribution in [3.63, 3.8) is 0 Å². The number of hydrogen-bond acceptors (Lipinski definition) is 0. The van der Waals surface area contributed by atoms with Gasteiger partial charge in [0.15, 0.2) is 0 Å². The fraction of sp³-hybridized carbons (Fsp3) is 0.120. The van der Waals surface area contributed by atoms with Gasteiger partial charge in [0.05, 0.1) is 0 Å². The van der Waals surface area contributed by atoms with E-state index in [9.17, 15) is 0 Å². The first-order valence-electron chi connectivity index (χ1n) is 9.14. The van der Waals surface area contributed by atoms with Crippen LogP contribution in [0.2, 0.25) is 0 Å². The monoisotopic (exact) mass is 335 g/mol. The van der Waals surface area contributed by atoms with Gasteiger partial charge in [-0.3, -0.25) is 0 Å². The summed E-state index contributed by atoms with van der Waals surface area (Å²) >= 11 is 0. The first-order chi connectivity index (χ1) is 12.6. The van der Waals surface area contributed by atoms with E-state index in [1.165, 1.54) is 60.4 Å². The Morgan fingerprint density at radius 1 is 0.615 bits per heavy atom. The van der Waals surface area contributed by atoms with Gasteiger partial charge in [-0.1, -0.05) is 60.2 Å². The lowest BCUT2D eigenvalue weighted by molar-refractivity contribution is 1.32. The Bertz CT molecular complexity index is 1280. The zero-order chi connectivity index (χ0) is 17.8. The van der Waals surface area contributed by atoms with E-state index in [1.807, 2.05) is 0 Å². The number of hydrogen-bond donors (Lipinski definition) is 1. The predicted octanol–water partition coefficient (Wildman–Crippen LogP) is 7.07. The van der Waals surface area contributed by atoms with Gasteiger partial charge in [-0.05, 0) is 65.9 Å². The summed E-state index contributed by atoms with van der Waals surface area (Å²) in [5, 5.41) is 5.25. The minimum Gasteiger partial charge on any atom is -0.354 e. The Morgan fingerprint density at radius 2 is 1.23 bits per heavy atom. The summed E-state index contributed by atoms with van der Waals surface area (Å²) in [6.45, 7) is 6.61. The molecule has 126 valence electrons. The third-order valence-electron chi connectivity index (χ3n) is 5.46. The van der Waals surface area contributed by atoms with E-state index >= 15 is 0 Å². The molecule has 4 aromatic carbocycles. The SMILES string of the molecule is Cc1cc(C)c(-c2cc3[nH]c4ccccc4c3c3ccccc23)c(C)c1. The highest BCUT2D eigenvalue weighted by atomic mass is 14.7. The van der Waals surface area contributed by atoms with E-state index in [0.717, 1.165) is 0 Å². The highest BCUT2D eigenvalue weighted by Gasteiger charge is 2.15. The number of benzene rings is 4.